The van der Waals surface area contributed by atoms with E-state index >= 15 is 0 Å². The third-order valence-electron chi connectivity index (χ3n) is 5.02. The van der Waals surface area contributed by atoms with Crippen LogP contribution in [0.2, 0.25) is 0 Å². The van der Waals surface area contributed by atoms with Gasteiger partial charge in [0.15, 0.2) is 0 Å². The smallest absolute Gasteiger partial charge is 0.0615 e. The summed E-state index contributed by atoms with van der Waals surface area (Å²) >= 11 is 0. The second-order valence-corrected chi connectivity index (χ2v) is 6.47. The molecule has 2 aliphatic rings. The molecule has 1 aliphatic carbocycles. The molecule has 16 heavy (non-hydrogen) atoms. The van der Waals surface area contributed by atoms with E-state index in [1.807, 2.05) is 0 Å². The molecule has 1 saturated carbocycles. The highest BCUT2D eigenvalue weighted by Gasteiger charge is 2.45. The lowest BCUT2D eigenvalue weighted by atomic mass is 9.73. The Balaban J connectivity index is 1.91. The second-order valence-electron chi connectivity index (χ2n) is 6.47. The van der Waals surface area contributed by atoms with Crippen molar-refractivity contribution >= 4 is 0 Å². The van der Waals surface area contributed by atoms with E-state index in [2.05, 4.69) is 25.7 Å². The SMILES string of the molecule is CC1CCC(CO)(N2CC(C(C)C)C2)CC1. The van der Waals surface area contributed by atoms with Crippen molar-refractivity contribution < 1.29 is 5.11 Å². The molecule has 0 aromatic carbocycles. The molecule has 0 aromatic rings. The van der Waals surface area contributed by atoms with E-state index in [9.17, 15) is 5.11 Å². The van der Waals surface area contributed by atoms with Crippen molar-refractivity contribution in [2.75, 3.05) is 19.7 Å². The number of rotatable bonds is 3. The third-order valence-corrected chi connectivity index (χ3v) is 5.02. The molecule has 0 spiro atoms. The van der Waals surface area contributed by atoms with Gasteiger partial charge in [0.25, 0.3) is 0 Å². The summed E-state index contributed by atoms with van der Waals surface area (Å²) < 4.78 is 0. The zero-order valence-electron chi connectivity index (χ0n) is 11.1. The molecule has 0 amide bonds. The van der Waals surface area contributed by atoms with Crippen LogP contribution in [0, 0.1) is 17.8 Å². The first-order chi connectivity index (χ1) is 7.57. The Morgan fingerprint density at radius 3 is 2.25 bits per heavy atom. The molecule has 1 saturated heterocycles. The number of likely N-dealkylation sites (tertiary alicyclic amines) is 1. The molecule has 2 heteroatoms. The van der Waals surface area contributed by atoms with Crippen LogP contribution in [0.25, 0.3) is 0 Å². The van der Waals surface area contributed by atoms with Gasteiger partial charge in [-0.05, 0) is 43.4 Å². The Hall–Kier alpha value is -0.0800. The fourth-order valence-electron chi connectivity index (χ4n) is 3.20. The summed E-state index contributed by atoms with van der Waals surface area (Å²) in [5, 5.41) is 9.75. The van der Waals surface area contributed by atoms with Crippen molar-refractivity contribution in [1.29, 1.82) is 0 Å². The molecule has 0 atom stereocenters. The van der Waals surface area contributed by atoms with Gasteiger partial charge in [-0.2, -0.15) is 0 Å². The molecule has 0 bridgehead atoms. The number of aliphatic hydroxyl groups excluding tert-OH is 1. The predicted octanol–water partition coefficient (Wildman–Crippen LogP) is 2.52. The van der Waals surface area contributed by atoms with Gasteiger partial charge in [-0.3, -0.25) is 4.90 Å². The lowest BCUT2D eigenvalue weighted by molar-refractivity contribution is -0.0818. The monoisotopic (exact) mass is 225 g/mol. The highest BCUT2D eigenvalue weighted by molar-refractivity contribution is 4.99. The van der Waals surface area contributed by atoms with E-state index in [0.29, 0.717) is 6.61 Å². The summed E-state index contributed by atoms with van der Waals surface area (Å²) in [4.78, 5) is 2.56. The maximum Gasteiger partial charge on any atom is 0.0615 e. The summed E-state index contributed by atoms with van der Waals surface area (Å²) in [6.45, 7) is 9.77. The van der Waals surface area contributed by atoms with E-state index in [4.69, 9.17) is 0 Å². The van der Waals surface area contributed by atoms with Crippen LogP contribution in [0.5, 0.6) is 0 Å². The van der Waals surface area contributed by atoms with Crippen molar-refractivity contribution in [2.45, 2.75) is 52.0 Å². The highest BCUT2D eigenvalue weighted by atomic mass is 16.3. The van der Waals surface area contributed by atoms with Crippen molar-refractivity contribution in [3.05, 3.63) is 0 Å². The van der Waals surface area contributed by atoms with E-state index in [0.717, 1.165) is 17.8 Å². The summed E-state index contributed by atoms with van der Waals surface area (Å²) in [7, 11) is 0. The number of nitrogens with zero attached hydrogens (tertiary/aromatic N) is 1. The summed E-state index contributed by atoms with van der Waals surface area (Å²) in [5.74, 6) is 2.53. The first-order valence-corrected chi connectivity index (χ1v) is 6.93. The van der Waals surface area contributed by atoms with Gasteiger partial charge in [0.05, 0.1) is 6.61 Å². The number of hydrogen-bond acceptors (Lipinski definition) is 2. The van der Waals surface area contributed by atoms with Crippen LogP contribution in [-0.4, -0.2) is 35.2 Å². The largest absolute Gasteiger partial charge is 0.394 e. The summed E-state index contributed by atoms with van der Waals surface area (Å²) in [6, 6.07) is 0. The fourth-order valence-corrected chi connectivity index (χ4v) is 3.20. The Kier molecular flexibility index (Phi) is 3.60. The van der Waals surface area contributed by atoms with Crippen LogP contribution in [-0.2, 0) is 0 Å². The van der Waals surface area contributed by atoms with Crippen LogP contribution in [0.15, 0.2) is 0 Å². The molecular weight excluding hydrogens is 198 g/mol. The van der Waals surface area contributed by atoms with Crippen LogP contribution in [0.4, 0.5) is 0 Å². The Bertz CT molecular complexity index is 225. The zero-order chi connectivity index (χ0) is 11.8. The van der Waals surface area contributed by atoms with Gasteiger partial charge in [-0.25, -0.2) is 0 Å². The molecule has 2 rings (SSSR count). The molecule has 0 unspecified atom stereocenters. The van der Waals surface area contributed by atoms with E-state index < -0.39 is 0 Å². The maximum atomic E-state index is 9.75. The first kappa shape index (κ1) is 12.4. The fraction of sp³-hybridized carbons (Fsp3) is 1.00. The minimum Gasteiger partial charge on any atom is -0.394 e. The molecule has 1 N–H and O–H groups in total. The van der Waals surface area contributed by atoms with Crippen molar-refractivity contribution in [3.63, 3.8) is 0 Å². The number of hydrogen-bond donors (Lipinski definition) is 1. The minimum absolute atomic E-state index is 0.151. The second kappa shape index (κ2) is 4.66. The number of aliphatic hydroxyl groups is 1. The first-order valence-electron chi connectivity index (χ1n) is 6.93. The Morgan fingerprint density at radius 1 is 1.25 bits per heavy atom. The van der Waals surface area contributed by atoms with Crippen LogP contribution >= 0.6 is 0 Å². The van der Waals surface area contributed by atoms with Gasteiger partial charge in [0.1, 0.15) is 0 Å². The molecule has 1 aliphatic heterocycles. The Labute approximate surface area is 100 Å². The molecule has 0 radical (unpaired) electrons. The average molecular weight is 225 g/mol. The minimum atomic E-state index is 0.151. The molecule has 2 nitrogen and oxygen atoms in total. The van der Waals surface area contributed by atoms with Gasteiger partial charge in [-0.1, -0.05) is 20.8 Å². The van der Waals surface area contributed by atoms with Crippen LogP contribution < -0.4 is 0 Å². The molecule has 0 aromatic heterocycles. The van der Waals surface area contributed by atoms with E-state index in [1.165, 1.54) is 38.8 Å². The van der Waals surface area contributed by atoms with Gasteiger partial charge in [-0.15, -0.1) is 0 Å². The van der Waals surface area contributed by atoms with Gasteiger partial charge in [0.2, 0.25) is 0 Å². The zero-order valence-corrected chi connectivity index (χ0v) is 11.1. The predicted molar refractivity (Wildman–Crippen MR) is 67.3 cm³/mol. The third kappa shape index (κ3) is 2.14. The van der Waals surface area contributed by atoms with Crippen molar-refractivity contribution in [1.82, 2.24) is 4.90 Å². The van der Waals surface area contributed by atoms with E-state index in [1.54, 1.807) is 0 Å². The van der Waals surface area contributed by atoms with Gasteiger partial charge < -0.3 is 5.11 Å². The molecule has 2 fully saturated rings. The van der Waals surface area contributed by atoms with Crippen LogP contribution in [0.3, 0.4) is 0 Å². The average Bonchev–Trinajstić information content (AvgIpc) is 2.18. The van der Waals surface area contributed by atoms with Crippen molar-refractivity contribution in [2.24, 2.45) is 17.8 Å². The lowest BCUT2D eigenvalue weighted by Gasteiger charge is -2.55. The topological polar surface area (TPSA) is 23.5 Å². The maximum absolute atomic E-state index is 9.75. The Morgan fingerprint density at radius 2 is 1.81 bits per heavy atom. The molecule has 1 heterocycles. The standard InChI is InChI=1S/C14H27NO/c1-11(2)13-8-15(9-13)14(10-16)6-4-12(3)5-7-14/h11-13,16H,4-10H2,1-3H3. The summed E-state index contributed by atoms with van der Waals surface area (Å²) in [5.41, 5.74) is 0.151. The molecular formula is C14H27NO. The van der Waals surface area contributed by atoms with E-state index in [-0.39, 0.29) is 5.54 Å². The lowest BCUT2D eigenvalue weighted by Crippen LogP contribution is -2.63. The van der Waals surface area contributed by atoms with Crippen LogP contribution in [0.1, 0.15) is 46.5 Å². The quantitative estimate of drug-likeness (QED) is 0.798. The normalized spacial score (nSPS) is 37.7. The molecule has 94 valence electrons. The van der Waals surface area contributed by atoms with Gasteiger partial charge in [0, 0.05) is 18.6 Å². The highest BCUT2D eigenvalue weighted by Crippen LogP contribution is 2.40. The van der Waals surface area contributed by atoms with Crippen molar-refractivity contribution in [3.8, 4) is 0 Å². The summed E-state index contributed by atoms with van der Waals surface area (Å²) in [6.07, 6.45) is 5.00. The van der Waals surface area contributed by atoms with Gasteiger partial charge >= 0.3 is 0 Å².